The maximum atomic E-state index is 12.6. The molecule has 0 aliphatic rings. The van der Waals surface area contributed by atoms with E-state index in [0.717, 1.165) is 17.8 Å². The van der Waals surface area contributed by atoms with Gasteiger partial charge in [0.05, 0.1) is 18.8 Å². The van der Waals surface area contributed by atoms with Crippen LogP contribution in [0, 0.1) is 0 Å². The lowest BCUT2D eigenvalue weighted by atomic mass is 10.1. The van der Waals surface area contributed by atoms with Crippen LogP contribution in [0.4, 0.5) is 0 Å². The molecule has 1 heterocycles. The van der Waals surface area contributed by atoms with Gasteiger partial charge in [0.1, 0.15) is 6.61 Å². The summed E-state index contributed by atoms with van der Waals surface area (Å²) < 4.78 is 13.0. The minimum atomic E-state index is -0.172. The van der Waals surface area contributed by atoms with Gasteiger partial charge in [0.2, 0.25) is 0 Å². The van der Waals surface area contributed by atoms with Crippen molar-refractivity contribution in [2.75, 3.05) is 7.11 Å². The van der Waals surface area contributed by atoms with E-state index in [1.807, 2.05) is 73.3 Å². The van der Waals surface area contributed by atoms with Gasteiger partial charge >= 0.3 is 0 Å². The van der Waals surface area contributed by atoms with Gasteiger partial charge in [0, 0.05) is 18.3 Å². The molecule has 1 unspecified atom stereocenters. The molecule has 0 bridgehead atoms. The summed E-state index contributed by atoms with van der Waals surface area (Å²) in [5.74, 6) is 1.20. The van der Waals surface area contributed by atoms with Crippen molar-refractivity contribution in [2.24, 2.45) is 0 Å². The number of amides is 1. The Balaban J connectivity index is 1.64. The van der Waals surface area contributed by atoms with Crippen molar-refractivity contribution in [1.82, 2.24) is 15.1 Å². The third-order valence-electron chi connectivity index (χ3n) is 4.43. The lowest BCUT2D eigenvalue weighted by Gasteiger charge is -2.13. The number of aryl methyl sites for hydroxylation is 1. The molecule has 1 amide bonds. The molecule has 0 aliphatic carbocycles. The Morgan fingerprint density at radius 1 is 1.14 bits per heavy atom. The maximum Gasteiger partial charge on any atom is 0.251 e. The van der Waals surface area contributed by atoms with Crippen molar-refractivity contribution < 1.29 is 14.3 Å². The lowest BCUT2D eigenvalue weighted by Crippen LogP contribution is -2.27. The zero-order valence-electron chi connectivity index (χ0n) is 16.4. The Hall–Kier alpha value is -3.28. The number of nitrogens with zero attached hydrogens (tertiary/aromatic N) is 2. The summed E-state index contributed by atoms with van der Waals surface area (Å²) in [7, 11) is 1.61. The second kappa shape index (κ2) is 9.08. The van der Waals surface area contributed by atoms with E-state index in [9.17, 15) is 4.79 Å². The molecule has 2 aromatic carbocycles. The van der Waals surface area contributed by atoms with Crippen LogP contribution in [0.1, 0.15) is 41.5 Å². The minimum Gasteiger partial charge on any atom is -0.493 e. The topological polar surface area (TPSA) is 65.4 Å². The van der Waals surface area contributed by atoms with Crippen LogP contribution < -0.4 is 14.8 Å². The zero-order chi connectivity index (χ0) is 19.9. The van der Waals surface area contributed by atoms with Crippen LogP contribution in [0.5, 0.6) is 11.5 Å². The van der Waals surface area contributed by atoms with Gasteiger partial charge in [0.15, 0.2) is 11.5 Å². The zero-order valence-corrected chi connectivity index (χ0v) is 16.4. The molecule has 6 heteroatoms. The molecule has 0 fully saturated rings. The molecule has 28 heavy (non-hydrogen) atoms. The number of benzene rings is 2. The molecule has 3 rings (SSSR count). The van der Waals surface area contributed by atoms with Crippen LogP contribution in [0.25, 0.3) is 0 Å². The van der Waals surface area contributed by atoms with E-state index in [2.05, 4.69) is 10.4 Å². The number of carbonyl (C=O) groups excluding carboxylic acids is 1. The molecule has 1 N–H and O–H groups in total. The summed E-state index contributed by atoms with van der Waals surface area (Å²) in [5.41, 5.74) is 2.33. The molecular weight excluding hydrogens is 354 g/mol. The highest BCUT2D eigenvalue weighted by molar-refractivity contribution is 5.94. The highest BCUT2D eigenvalue weighted by atomic mass is 16.5. The lowest BCUT2D eigenvalue weighted by molar-refractivity contribution is 0.0939. The molecule has 0 saturated carbocycles. The summed E-state index contributed by atoms with van der Waals surface area (Å²) in [4.78, 5) is 12.6. The first-order chi connectivity index (χ1) is 13.6. The summed E-state index contributed by atoms with van der Waals surface area (Å²) in [5, 5.41) is 7.44. The van der Waals surface area contributed by atoms with Crippen LogP contribution in [0.3, 0.4) is 0 Å². The molecule has 1 atom stereocenters. The average Bonchev–Trinajstić information content (AvgIpc) is 3.22. The van der Waals surface area contributed by atoms with E-state index < -0.39 is 0 Å². The third-order valence-corrected chi connectivity index (χ3v) is 4.43. The predicted octanol–water partition coefficient (Wildman–Crippen LogP) is 3.98. The third kappa shape index (κ3) is 4.71. The Morgan fingerprint density at radius 3 is 2.64 bits per heavy atom. The van der Waals surface area contributed by atoms with E-state index in [1.165, 1.54) is 0 Å². The van der Waals surface area contributed by atoms with Crippen molar-refractivity contribution in [1.29, 1.82) is 0 Å². The van der Waals surface area contributed by atoms with Crippen LogP contribution in [0.2, 0.25) is 0 Å². The number of ether oxygens (including phenoxy) is 2. The van der Waals surface area contributed by atoms with Crippen molar-refractivity contribution in [3.05, 3.63) is 77.6 Å². The molecular formula is C22H25N3O3. The van der Waals surface area contributed by atoms with E-state index in [-0.39, 0.29) is 11.9 Å². The van der Waals surface area contributed by atoms with Gasteiger partial charge in [-0.15, -0.1) is 0 Å². The maximum absolute atomic E-state index is 12.6. The van der Waals surface area contributed by atoms with Gasteiger partial charge in [-0.25, -0.2) is 0 Å². The second-order valence-corrected chi connectivity index (χ2v) is 6.43. The van der Waals surface area contributed by atoms with Crippen molar-refractivity contribution in [3.63, 3.8) is 0 Å². The fraction of sp³-hybridized carbons (Fsp3) is 0.273. The number of methoxy groups -OCH3 is 1. The van der Waals surface area contributed by atoms with Gasteiger partial charge in [0.25, 0.3) is 5.91 Å². The molecule has 146 valence electrons. The van der Waals surface area contributed by atoms with Gasteiger partial charge < -0.3 is 14.8 Å². The first-order valence-electron chi connectivity index (χ1n) is 9.29. The number of para-hydroxylation sites is 2. The first-order valence-corrected chi connectivity index (χ1v) is 9.29. The number of nitrogens with one attached hydrogen (secondary N) is 1. The SMILES string of the molecule is CCn1ccc(C(C)NC(=O)c2cccc(COc3ccccc3OC)c2)n1. The van der Waals surface area contributed by atoms with Gasteiger partial charge in [-0.1, -0.05) is 24.3 Å². The van der Waals surface area contributed by atoms with E-state index >= 15 is 0 Å². The number of hydrogen-bond donors (Lipinski definition) is 1. The summed E-state index contributed by atoms with van der Waals surface area (Å²) in [6.07, 6.45) is 1.91. The average molecular weight is 379 g/mol. The normalized spacial score (nSPS) is 11.7. The summed E-state index contributed by atoms with van der Waals surface area (Å²) in [6.45, 7) is 5.10. The molecule has 0 saturated heterocycles. The molecule has 6 nitrogen and oxygen atoms in total. The number of aromatic nitrogens is 2. The Kier molecular flexibility index (Phi) is 6.32. The Labute approximate surface area is 165 Å². The summed E-state index contributed by atoms with van der Waals surface area (Å²) >= 11 is 0. The molecule has 0 aliphatic heterocycles. The molecule has 0 spiro atoms. The van der Waals surface area contributed by atoms with Crippen LogP contribution in [-0.4, -0.2) is 22.8 Å². The van der Waals surface area contributed by atoms with Gasteiger partial charge in [-0.05, 0) is 49.7 Å². The number of rotatable bonds is 8. The van der Waals surface area contributed by atoms with E-state index in [1.54, 1.807) is 13.2 Å². The molecule has 0 radical (unpaired) electrons. The van der Waals surface area contributed by atoms with E-state index in [0.29, 0.717) is 23.7 Å². The highest BCUT2D eigenvalue weighted by Gasteiger charge is 2.14. The van der Waals surface area contributed by atoms with Gasteiger partial charge in [-0.3, -0.25) is 9.48 Å². The molecule has 3 aromatic rings. The molecule has 1 aromatic heterocycles. The minimum absolute atomic E-state index is 0.141. The first kappa shape index (κ1) is 19.5. The Morgan fingerprint density at radius 2 is 1.93 bits per heavy atom. The summed E-state index contributed by atoms with van der Waals surface area (Å²) in [6, 6.07) is 16.6. The van der Waals surface area contributed by atoms with Crippen molar-refractivity contribution in [2.45, 2.75) is 33.0 Å². The van der Waals surface area contributed by atoms with Crippen LogP contribution >= 0.6 is 0 Å². The van der Waals surface area contributed by atoms with Crippen molar-refractivity contribution in [3.8, 4) is 11.5 Å². The fourth-order valence-corrected chi connectivity index (χ4v) is 2.84. The smallest absolute Gasteiger partial charge is 0.251 e. The van der Waals surface area contributed by atoms with Gasteiger partial charge in [-0.2, -0.15) is 5.10 Å². The largest absolute Gasteiger partial charge is 0.493 e. The van der Waals surface area contributed by atoms with E-state index in [4.69, 9.17) is 9.47 Å². The van der Waals surface area contributed by atoms with Crippen molar-refractivity contribution >= 4 is 5.91 Å². The van der Waals surface area contributed by atoms with Crippen LogP contribution in [-0.2, 0) is 13.2 Å². The van der Waals surface area contributed by atoms with Crippen LogP contribution in [0.15, 0.2) is 60.8 Å². The standard InChI is InChI=1S/C22H25N3O3/c1-4-25-13-12-19(24-25)16(2)23-22(26)18-9-7-8-17(14-18)15-28-21-11-6-5-10-20(21)27-3/h5-14,16H,4,15H2,1-3H3,(H,23,26). The highest BCUT2D eigenvalue weighted by Crippen LogP contribution is 2.26. The predicted molar refractivity (Wildman–Crippen MR) is 108 cm³/mol. The Bertz CT molecular complexity index is 936. The quantitative estimate of drug-likeness (QED) is 0.643. The number of hydrogen-bond acceptors (Lipinski definition) is 4. The number of carbonyl (C=O) groups is 1. The fourth-order valence-electron chi connectivity index (χ4n) is 2.84. The monoisotopic (exact) mass is 379 g/mol. The second-order valence-electron chi connectivity index (χ2n) is 6.43.